The number of aryl methyl sites for hydroxylation is 1. The van der Waals surface area contributed by atoms with E-state index in [-0.39, 0.29) is 28.8 Å². The molecule has 0 aliphatic heterocycles. The van der Waals surface area contributed by atoms with Gasteiger partial charge in [0.25, 0.3) is 11.4 Å². The van der Waals surface area contributed by atoms with Crippen molar-refractivity contribution in [2.75, 3.05) is 6.61 Å². The quantitative estimate of drug-likeness (QED) is 0.661. The molecule has 1 N–H and O–H groups in total. The van der Waals surface area contributed by atoms with E-state index in [2.05, 4.69) is 0 Å². The Labute approximate surface area is 139 Å². The largest absolute Gasteiger partial charge is 0.396 e. The zero-order valence-corrected chi connectivity index (χ0v) is 13.6. The molecule has 0 aromatic heterocycles. The van der Waals surface area contributed by atoms with Gasteiger partial charge in [0.2, 0.25) is 0 Å². The summed E-state index contributed by atoms with van der Waals surface area (Å²) in [6, 6.07) is 13.3. The van der Waals surface area contributed by atoms with Crippen LogP contribution in [0.3, 0.4) is 0 Å². The molecule has 2 aromatic rings. The first-order valence-electron chi connectivity index (χ1n) is 7.48. The Morgan fingerprint density at radius 2 is 1.46 bits per heavy atom. The second-order valence-electron chi connectivity index (χ2n) is 5.14. The number of rotatable bonds is 5. The Hall–Kier alpha value is -2.80. The molecule has 0 aliphatic rings. The Kier molecular flexibility index (Phi) is 7.51. The first-order valence-corrected chi connectivity index (χ1v) is 7.48. The highest BCUT2D eigenvalue weighted by atomic mass is 16.6. The number of aliphatic hydroxyl groups excluding tert-OH is 1. The molecule has 1 unspecified atom stereocenters. The summed E-state index contributed by atoms with van der Waals surface area (Å²) in [7, 11) is 0. The van der Waals surface area contributed by atoms with E-state index in [0.717, 1.165) is 5.56 Å². The van der Waals surface area contributed by atoms with Crippen molar-refractivity contribution in [2.24, 2.45) is 0 Å². The molecular weight excluding hydrogens is 312 g/mol. The van der Waals surface area contributed by atoms with Gasteiger partial charge in [-0.05, 0) is 6.42 Å². The topological polar surface area (TPSA) is 107 Å². The maximum absolute atomic E-state index is 10.6. The molecule has 24 heavy (non-hydrogen) atoms. The molecule has 7 nitrogen and oxygen atoms in total. The summed E-state index contributed by atoms with van der Waals surface area (Å²) in [5.41, 5.74) is 1.66. The van der Waals surface area contributed by atoms with Crippen LogP contribution in [0.15, 0.2) is 48.5 Å². The number of nitro groups is 2. The van der Waals surface area contributed by atoms with E-state index in [1.54, 1.807) is 37.3 Å². The Morgan fingerprint density at radius 3 is 1.92 bits per heavy atom. The van der Waals surface area contributed by atoms with Crippen LogP contribution >= 0.6 is 0 Å². The van der Waals surface area contributed by atoms with Crippen LogP contribution in [0.1, 0.15) is 30.9 Å². The van der Waals surface area contributed by atoms with Gasteiger partial charge in [0.1, 0.15) is 0 Å². The third-order valence-electron chi connectivity index (χ3n) is 3.51. The summed E-state index contributed by atoms with van der Waals surface area (Å²) in [5, 5.41) is 29.8. The second kappa shape index (κ2) is 9.36. The molecule has 2 rings (SSSR count). The maximum Gasteiger partial charge on any atom is 0.272 e. The Balaban J connectivity index is 0.000000243. The van der Waals surface area contributed by atoms with Crippen molar-refractivity contribution in [3.8, 4) is 0 Å². The fraction of sp³-hybridized carbons (Fsp3) is 0.294. The fourth-order valence-corrected chi connectivity index (χ4v) is 2.16. The van der Waals surface area contributed by atoms with Crippen molar-refractivity contribution in [2.45, 2.75) is 26.2 Å². The standard InChI is InChI=1S/C9H11NO3.C8H9NO2/c1-7(6-11)8-4-2-3-5-9(8)10(12)13;1-2-7-5-3-4-6-8(7)9(10)11/h2-5,7,11H,6H2,1H3;3-6H,2H2,1H3. The van der Waals surface area contributed by atoms with Crippen LogP contribution in [0.4, 0.5) is 11.4 Å². The van der Waals surface area contributed by atoms with E-state index >= 15 is 0 Å². The van der Waals surface area contributed by atoms with Crippen LogP contribution in [0.2, 0.25) is 0 Å². The lowest BCUT2D eigenvalue weighted by Crippen LogP contribution is -2.02. The van der Waals surface area contributed by atoms with Gasteiger partial charge >= 0.3 is 0 Å². The molecule has 0 saturated heterocycles. The van der Waals surface area contributed by atoms with E-state index in [1.807, 2.05) is 13.0 Å². The molecule has 0 radical (unpaired) electrons. The van der Waals surface area contributed by atoms with Crippen LogP contribution in [0.5, 0.6) is 0 Å². The number of benzene rings is 2. The normalized spacial score (nSPS) is 11.1. The summed E-state index contributed by atoms with van der Waals surface area (Å²) in [5.74, 6) is -0.193. The molecule has 0 amide bonds. The molecule has 0 saturated carbocycles. The summed E-state index contributed by atoms with van der Waals surface area (Å²) in [6.07, 6.45) is 0.706. The van der Waals surface area contributed by atoms with Crippen molar-refractivity contribution < 1.29 is 15.0 Å². The molecule has 0 aliphatic carbocycles. The lowest BCUT2D eigenvalue weighted by molar-refractivity contribution is -0.385. The van der Waals surface area contributed by atoms with Crippen molar-refractivity contribution in [1.82, 2.24) is 0 Å². The minimum absolute atomic E-state index is 0.0732. The van der Waals surface area contributed by atoms with Crippen LogP contribution in [0.25, 0.3) is 0 Å². The van der Waals surface area contributed by atoms with Crippen LogP contribution < -0.4 is 0 Å². The van der Waals surface area contributed by atoms with Gasteiger partial charge in [-0.3, -0.25) is 20.2 Å². The molecule has 0 fully saturated rings. The minimum atomic E-state index is -0.429. The molecule has 0 heterocycles. The smallest absolute Gasteiger partial charge is 0.272 e. The predicted molar refractivity (Wildman–Crippen MR) is 91.1 cm³/mol. The van der Waals surface area contributed by atoms with E-state index in [4.69, 9.17) is 5.11 Å². The van der Waals surface area contributed by atoms with Gasteiger partial charge in [-0.2, -0.15) is 0 Å². The predicted octanol–water partition coefficient (Wildman–Crippen LogP) is 3.85. The molecule has 0 spiro atoms. The fourth-order valence-electron chi connectivity index (χ4n) is 2.16. The SMILES string of the molecule is CC(CO)c1ccccc1[N+](=O)[O-].CCc1ccccc1[N+](=O)[O-]. The summed E-state index contributed by atoms with van der Waals surface area (Å²) in [4.78, 5) is 20.2. The maximum atomic E-state index is 10.6. The van der Waals surface area contributed by atoms with E-state index in [9.17, 15) is 20.2 Å². The highest BCUT2D eigenvalue weighted by Crippen LogP contribution is 2.25. The van der Waals surface area contributed by atoms with Gasteiger partial charge in [-0.25, -0.2) is 0 Å². The highest BCUT2D eigenvalue weighted by Gasteiger charge is 2.16. The number of aliphatic hydroxyl groups is 1. The van der Waals surface area contributed by atoms with Crippen LogP contribution in [-0.4, -0.2) is 21.6 Å². The van der Waals surface area contributed by atoms with Crippen molar-refractivity contribution in [3.63, 3.8) is 0 Å². The zero-order valence-electron chi connectivity index (χ0n) is 13.6. The molecular formula is C17H20N2O5. The Bertz CT molecular complexity index is 703. The summed E-state index contributed by atoms with van der Waals surface area (Å²) < 4.78 is 0. The minimum Gasteiger partial charge on any atom is -0.396 e. The molecule has 0 bridgehead atoms. The van der Waals surface area contributed by atoms with Gasteiger partial charge in [-0.15, -0.1) is 0 Å². The first kappa shape index (κ1) is 19.2. The Morgan fingerprint density at radius 1 is 0.958 bits per heavy atom. The van der Waals surface area contributed by atoms with Crippen molar-refractivity contribution >= 4 is 11.4 Å². The monoisotopic (exact) mass is 332 g/mol. The highest BCUT2D eigenvalue weighted by molar-refractivity contribution is 5.42. The number of hydrogen-bond acceptors (Lipinski definition) is 5. The van der Waals surface area contributed by atoms with Gasteiger partial charge < -0.3 is 5.11 Å². The van der Waals surface area contributed by atoms with Crippen LogP contribution in [-0.2, 0) is 6.42 Å². The van der Waals surface area contributed by atoms with Crippen molar-refractivity contribution in [1.29, 1.82) is 0 Å². The number of para-hydroxylation sites is 2. The number of hydrogen-bond donors (Lipinski definition) is 1. The van der Waals surface area contributed by atoms with Gasteiger partial charge in [-0.1, -0.05) is 50.2 Å². The van der Waals surface area contributed by atoms with E-state index in [1.165, 1.54) is 12.1 Å². The van der Waals surface area contributed by atoms with Crippen molar-refractivity contribution in [3.05, 3.63) is 79.9 Å². The first-order chi connectivity index (χ1) is 11.4. The molecule has 7 heteroatoms. The van der Waals surface area contributed by atoms with E-state index < -0.39 is 4.92 Å². The number of nitrogens with zero attached hydrogens (tertiary/aromatic N) is 2. The summed E-state index contributed by atoms with van der Waals surface area (Å²) in [6.45, 7) is 3.58. The van der Waals surface area contributed by atoms with Gasteiger partial charge in [0.05, 0.1) is 9.85 Å². The van der Waals surface area contributed by atoms with Crippen LogP contribution in [0, 0.1) is 20.2 Å². The molecule has 128 valence electrons. The zero-order chi connectivity index (χ0) is 18.1. The number of nitro benzene ring substituents is 2. The van der Waals surface area contributed by atoms with E-state index in [0.29, 0.717) is 12.0 Å². The van der Waals surface area contributed by atoms with Gasteiger partial charge in [0, 0.05) is 35.8 Å². The lowest BCUT2D eigenvalue weighted by atomic mass is 10.0. The third kappa shape index (κ3) is 5.13. The average Bonchev–Trinajstić information content (AvgIpc) is 2.61. The third-order valence-corrected chi connectivity index (χ3v) is 3.51. The average molecular weight is 332 g/mol. The van der Waals surface area contributed by atoms with Gasteiger partial charge in [0.15, 0.2) is 0 Å². The molecule has 2 aromatic carbocycles. The second-order valence-corrected chi connectivity index (χ2v) is 5.14. The summed E-state index contributed by atoms with van der Waals surface area (Å²) >= 11 is 0. The lowest BCUT2D eigenvalue weighted by Gasteiger charge is -2.07. The molecule has 1 atom stereocenters.